The third-order valence-corrected chi connectivity index (χ3v) is 5.00. The second-order valence-corrected chi connectivity index (χ2v) is 7.52. The number of nitrogens with zero attached hydrogens (tertiary/aromatic N) is 1. The van der Waals surface area contributed by atoms with Gasteiger partial charge in [0.05, 0.1) is 22.3 Å². The number of pyridine rings is 1. The lowest BCUT2D eigenvalue weighted by atomic mass is 10.1. The second kappa shape index (κ2) is 8.39. The number of rotatable bonds is 4. The molecule has 4 nitrogen and oxygen atoms in total. The molecule has 8 heteroatoms. The highest BCUT2D eigenvalue weighted by Gasteiger charge is 2.32. The molecule has 156 valence electrons. The molecule has 0 radical (unpaired) electrons. The molecule has 0 bridgehead atoms. The Morgan fingerprint density at radius 1 is 0.968 bits per heavy atom. The number of amides is 1. The molecule has 0 spiro atoms. The largest absolute Gasteiger partial charge is 0.457 e. The Kier molecular flexibility index (Phi) is 5.65. The molecule has 0 atom stereocenters. The molecule has 4 rings (SSSR count). The van der Waals surface area contributed by atoms with Gasteiger partial charge in [-0.05, 0) is 54.6 Å². The van der Waals surface area contributed by atoms with Crippen LogP contribution in [0.4, 0.5) is 18.9 Å². The van der Waals surface area contributed by atoms with Crippen molar-refractivity contribution in [1.82, 2.24) is 4.98 Å². The first kappa shape index (κ1) is 20.9. The van der Waals surface area contributed by atoms with Gasteiger partial charge in [-0.1, -0.05) is 34.1 Å². The fourth-order valence-corrected chi connectivity index (χ4v) is 3.26. The smallest absolute Gasteiger partial charge is 0.416 e. The molecule has 1 N–H and O–H groups in total. The number of ether oxygens (including phenoxy) is 1. The van der Waals surface area contributed by atoms with Crippen LogP contribution in [-0.4, -0.2) is 10.9 Å². The van der Waals surface area contributed by atoms with Crippen molar-refractivity contribution in [2.45, 2.75) is 6.18 Å². The molecule has 1 heterocycles. The average Bonchev–Trinajstić information content (AvgIpc) is 2.75. The lowest BCUT2D eigenvalue weighted by Crippen LogP contribution is -2.15. The monoisotopic (exact) mass is 486 g/mol. The van der Waals surface area contributed by atoms with Gasteiger partial charge in [0.25, 0.3) is 5.91 Å². The van der Waals surface area contributed by atoms with E-state index < -0.39 is 17.6 Å². The van der Waals surface area contributed by atoms with Crippen molar-refractivity contribution < 1.29 is 22.7 Å². The average molecular weight is 487 g/mol. The molecule has 1 amide bonds. The predicted octanol–water partition coefficient (Wildman–Crippen LogP) is 7.06. The van der Waals surface area contributed by atoms with Crippen LogP contribution < -0.4 is 10.1 Å². The number of carbonyl (C=O) groups is 1. The van der Waals surface area contributed by atoms with Gasteiger partial charge < -0.3 is 10.1 Å². The van der Waals surface area contributed by atoms with E-state index >= 15 is 0 Å². The van der Waals surface area contributed by atoms with Crippen molar-refractivity contribution in [3.63, 3.8) is 0 Å². The molecular formula is C23H14BrF3N2O2. The van der Waals surface area contributed by atoms with Gasteiger partial charge >= 0.3 is 6.18 Å². The molecular weight excluding hydrogens is 473 g/mol. The molecule has 0 aliphatic carbocycles. The Balaban J connectivity index is 1.73. The van der Waals surface area contributed by atoms with Gasteiger partial charge in [-0.3, -0.25) is 9.78 Å². The topological polar surface area (TPSA) is 51.2 Å². The number of hydrogen-bond donors (Lipinski definition) is 1. The summed E-state index contributed by atoms with van der Waals surface area (Å²) in [6.45, 7) is 0. The minimum atomic E-state index is -4.60. The van der Waals surface area contributed by atoms with Gasteiger partial charge in [0.15, 0.2) is 0 Å². The van der Waals surface area contributed by atoms with E-state index in [0.29, 0.717) is 17.0 Å². The maximum absolute atomic E-state index is 13.3. The number of aromatic nitrogens is 1. The summed E-state index contributed by atoms with van der Waals surface area (Å²) in [5, 5.41) is 3.45. The van der Waals surface area contributed by atoms with Crippen LogP contribution in [0.1, 0.15) is 15.9 Å². The SMILES string of the molecule is O=C(Nc1cccc2cccnc12)c1cc(C(F)(F)F)ccc1Oc1ccc(Br)cc1. The predicted molar refractivity (Wildman–Crippen MR) is 115 cm³/mol. The second-order valence-electron chi connectivity index (χ2n) is 6.60. The van der Waals surface area contributed by atoms with Crippen molar-refractivity contribution in [3.05, 3.63) is 94.6 Å². The van der Waals surface area contributed by atoms with Crippen LogP contribution in [0.15, 0.2) is 83.5 Å². The van der Waals surface area contributed by atoms with Gasteiger partial charge in [-0.15, -0.1) is 0 Å². The van der Waals surface area contributed by atoms with Crippen molar-refractivity contribution >= 4 is 38.4 Å². The lowest BCUT2D eigenvalue weighted by Gasteiger charge is -2.15. The van der Waals surface area contributed by atoms with Crippen LogP contribution in [0.3, 0.4) is 0 Å². The Morgan fingerprint density at radius 3 is 2.45 bits per heavy atom. The number of fused-ring (bicyclic) bond motifs is 1. The maximum Gasteiger partial charge on any atom is 0.416 e. The molecule has 0 fully saturated rings. The van der Waals surface area contributed by atoms with E-state index in [2.05, 4.69) is 26.2 Å². The van der Waals surface area contributed by atoms with Crippen LogP contribution in [0.25, 0.3) is 10.9 Å². The molecule has 4 aromatic rings. The summed E-state index contributed by atoms with van der Waals surface area (Å²) in [5.41, 5.74) is -0.279. The van der Waals surface area contributed by atoms with Crippen LogP contribution >= 0.6 is 15.9 Å². The van der Waals surface area contributed by atoms with E-state index in [0.717, 1.165) is 28.1 Å². The van der Waals surface area contributed by atoms with Gasteiger partial charge in [-0.25, -0.2) is 0 Å². The minimum Gasteiger partial charge on any atom is -0.457 e. The lowest BCUT2D eigenvalue weighted by molar-refractivity contribution is -0.137. The summed E-state index contributed by atoms with van der Waals surface area (Å²) in [6.07, 6.45) is -3.03. The fraction of sp³-hybridized carbons (Fsp3) is 0.0435. The first-order valence-electron chi connectivity index (χ1n) is 9.11. The van der Waals surface area contributed by atoms with E-state index in [1.807, 2.05) is 12.1 Å². The molecule has 3 aromatic carbocycles. The van der Waals surface area contributed by atoms with Gasteiger partial charge in [0.2, 0.25) is 0 Å². The number of hydrogen-bond acceptors (Lipinski definition) is 3. The van der Waals surface area contributed by atoms with Crippen molar-refractivity contribution in [2.24, 2.45) is 0 Å². The quantitative estimate of drug-likeness (QED) is 0.335. The number of carbonyl (C=O) groups excluding carboxylic acids is 1. The standard InChI is InChI=1S/C23H14BrF3N2O2/c24-16-7-9-17(10-8-16)31-20-11-6-15(23(25,26)27)13-18(20)22(30)29-19-5-1-3-14-4-2-12-28-21(14)19/h1-13H,(H,29,30). The molecule has 0 aliphatic rings. The Bertz CT molecular complexity index is 1250. The summed E-state index contributed by atoms with van der Waals surface area (Å²) in [6, 6.07) is 18.3. The maximum atomic E-state index is 13.3. The van der Waals surface area contributed by atoms with E-state index in [-0.39, 0.29) is 11.3 Å². The van der Waals surface area contributed by atoms with Crippen molar-refractivity contribution in [2.75, 3.05) is 5.32 Å². The zero-order chi connectivity index (χ0) is 22.0. The molecule has 0 aliphatic heterocycles. The van der Waals surface area contributed by atoms with Crippen molar-refractivity contribution in [3.8, 4) is 11.5 Å². The van der Waals surface area contributed by atoms with E-state index in [1.54, 1.807) is 48.7 Å². The molecule has 1 aromatic heterocycles. The van der Waals surface area contributed by atoms with Crippen LogP contribution in [0, 0.1) is 0 Å². The summed E-state index contributed by atoms with van der Waals surface area (Å²) in [5.74, 6) is -0.360. The zero-order valence-electron chi connectivity index (χ0n) is 15.8. The number of halogens is 4. The number of anilines is 1. The third kappa shape index (κ3) is 4.69. The highest BCUT2D eigenvalue weighted by molar-refractivity contribution is 9.10. The van der Waals surface area contributed by atoms with Crippen LogP contribution in [0.5, 0.6) is 11.5 Å². The zero-order valence-corrected chi connectivity index (χ0v) is 17.4. The highest BCUT2D eigenvalue weighted by atomic mass is 79.9. The summed E-state index contributed by atoms with van der Waals surface area (Å²) >= 11 is 3.31. The fourth-order valence-electron chi connectivity index (χ4n) is 3.00. The van der Waals surface area contributed by atoms with Crippen molar-refractivity contribution in [1.29, 1.82) is 0 Å². The third-order valence-electron chi connectivity index (χ3n) is 4.47. The Morgan fingerprint density at radius 2 is 1.71 bits per heavy atom. The molecule has 0 saturated carbocycles. The molecule has 0 unspecified atom stereocenters. The Hall–Kier alpha value is -3.39. The Labute approximate surface area is 183 Å². The first-order chi connectivity index (χ1) is 14.8. The van der Waals surface area contributed by atoms with Crippen LogP contribution in [0.2, 0.25) is 0 Å². The molecule has 31 heavy (non-hydrogen) atoms. The minimum absolute atomic E-state index is 0.000943. The number of alkyl halides is 3. The summed E-state index contributed by atoms with van der Waals surface area (Å²) in [7, 11) is 0. The van der Waals surface area contributed by atoms with E-state index in [9.17, 15) is 18.0 Å². The summed E-state index contributed by atoms with van der Waals surface area (Å²) in [4.78, 5) is 17.3. The number of nitrogens with one attached hydrogen (secondary N) is 1. The summed E-state index contributed by atoms with van der Waals surface area (Å²) < 4.78 is 46.4. The van der Waals surface area contributed by atoms with Gasteiger partial charge in [0.1, 0.15) is 11.5 Å². The highest BCUT2D eigenvalue weighted by Crippen LogP contribution is 2.35. The first-order valence-corrected chi connectivity index (χ1v) is 9.90. The van der Waals surface area contributed by atoms with E-state index in [4.69, 9.17) is 4.74 Å². The van der Waals surface area contributed by atoms with Gasteiger partial charge in [-0.2, -0.15) is 13.2 Å². The molecule has 0 saturated heterocycles. The normalized spacial score (nSPS) is 11.4. The van der Waals surface area contributed by atoms with Gasteiger partial charge in [0, 0.05) is 16.1 Å². The number of para-hydroxylation sites is 1. The number of benzene rings is 3. The van der Waals surface area contributed by atoms with Crippen LogP contribution in [-0.2, 0) is 6.18 Å². The van der Waals surface area contributed by atoms with E-state index in [1.165, 1.54) is 0 Å².